The van der Waals surface area contributed by atoms with Gasteiger partial charge in [-0.25, -0.2) is 4.98 Å². The minimum absolute atomic E-state index is 0.110. The quantitative estimate of drug-likeness (QED) is 0.864. The topological polar surface area (TPSA) is 60.5 Å². The van der Waals surface area contributed by atoms with Crippen LogP contribution in [-0.2, 0) is 4.74 Å². The lowest BCUT2D eigenvalue weighted by Crippen LogP contribution is -2.19. The molecule has 0 saturated carbocycles. The molecule has 6 heteroatoms. The Bertz CT molecular complexity index is 670. The molecule has 1 aromatic heterocycles. The normalized spacial score (nSPS) is 17.0. The smallest absolute Gasteiger partial charge is 0.260 e. The number of aromatic nitrogens is 1. The van der Waals surface area contributed by atoms with Crippen molar-refractivity contribution in [2.24, 2.45) is 0 Å². The summed E-state index contributed by atoms with van der Waals surface area (Å²) in [4.78, 5) is 16.6. The molecular weight excluding hydrogens is 360 g/mol. The Morgan fingerprint density at radius 2 is 2.22 bits per heavy atom. The third-order valence-corrected chi connectivity index (χ3v) is 4.02. The van der Waals surface area contributed by atoms with Crippen LogP contribution >= 0.6 is 15.9 Å². The van der Waals surface area contributed by atoms with Gasteiger partial charge in [0.2, 0.25) is 0 Å². The predicted molar refractivity (Wildman–Crippen MR) is 90.8 cm³/mol. The van der Waals surface area contributed by atoms with E-state index in [1.54, 1.807) is 24.4 Å². The van der Waals surface area contributed by atoms with E-state index in [2.05, 4.69) is 26.2 Å². The van der Waals surface area contributed by atoms with Crippen LogP contribution in [0.4, 0.5) is 5.82 Å². The van der Waals surface area contributed by atoms with Crippen molar-refractivity contribution in [3.63, 3.8) is 0 Å². The molecule has 0 bridgehead atoms. The Labute approximate surface area is 143 Å². The van der Waals surface area contributed by atoms with E-state index in [-0.39, 0.29) is 12.0 Å². The molecular formula is C17H17BrN2O3. The number of hydrogen-bond acceptors (Lipinski definition) is 4. The standard InChI is InChI=1S/C17H17BrN2O3/c18-12-7-8-16(19-10-12)20-17(21)14-5-1-2-6-15(14)23-11-13-4-3-9-22-13/h1-2,5-8,10,13H,3-4,9,11H2,(H,19,20,21). The lowest BCUT2D eigenvalue weighted by atomic mass is 10.2. The summed E-state index contributed by atoms with van der Waals surface area (Å²) in [7, 11) is 0. The molecule has 3 rings (SSSR count). The maximum Gasteiger partial charge on any atom is 0.260 e. The molecule has 2 aromatic rings. The number of carbonyl (C=O) groups excluding carboxylic acids is 1. The van der Waals surface area contributed by atoms with E-state index in [0.29, 0.717) is 23.7 Å². The summed E-state index contributed by atoms with van der Waals surface area (Å²) < 4.78 is 12.2. The summed E-state index contributed by atoms with van der Waals surface area (Å²) in [5.74, 6) is 0.799. The van der Waals surface area contributed by atoms with Crippen molar-refractivity contribution in [2.75, 3.05) is 18.5 Å². The number of amides is 1. The molecule has 0 aliphatic carbocycles. The second kappa shape index (κ2) is 7.57. The lowest BCUT2D eigenvalue weighted by molar-refractivity contribution is 0.0673. The Kier molecular flexibility index (Phi) is 5.25. The number of ether oxygens (including phenoxy) is 2. The molecule has 1 atom stereocenters. The highest BCUT2D eigenvalue weighted by Gasteiger charge is 2.18. The summed E-state index contributed by atoms with van der Waals surface area (Å²) in [6, 6.07) is 10.7. The van der Waals surface area contributed by atoms with Crippen molar-refractivity contribution < 1.29 is 14.3 Å². The Morgan fingerprint density at radius 1 is 1.35 bits per heavy atom. The molecule has 1 unspecified atom stereocenters. The first kappa shape index (κ1) is 16.0. The third-order valence-electron chi connectivity index (χ3n) is 3.55. The van der Waals surface area contributed by atoms with Crippen LogP contribution in [0.1, 0.15) is 23.2 Å². The van der Waals surface area contributed by atoms with Gasteiger partial charge in [-0.1, -0.05) is 12.1 Å². The molecule has 1 fully saturated rings. The summed E-state index contributed by atoms with van der Waals surface area (Å²) in [6.45, 7) is 1.24. The molecule has 1 aliphatic heterocycles. The average molecular weight is 377 g/mol. The lowest BCUT2D eigenvalue weighted by Gasteiger charge is -2.14. The number of rotatable bonds is 5. The van der Waals surface area contributed by atoms with Gasteiger partial charge in [0, 0.05) is 17.3 Å². The van der Waals surface area contributed by atoms with Gasteiger partial charge in [-0.05, 0) is 53.0 Å². The van der Waals surface area contributed by atoms with Crippen molar-refractivity contribution in [2.45, 2.75) is 18.9 Å². The number of nitrogens with one attached hydrogen (secondary N) is 1. The first-order valence-corrected chi connectivity index (χ1v) is 8.28. The molecule has 1 aromatic carbocycles. The number of para-hydroxylation sites is 1. The van der Waals surface area contributed by atoms with Crippen molar-refractivity contribution in [3.05, 3.63) is 52.6 Å². The maximum absolute atomic E-state index is 12.4. The molecule has 23 heavy (non-hydrogen) atoms. The molecule has 120 valence electrons. The summed E-state index contributed by atoms with van der Waals surface area (Å²) in [6.07, 6.45) is 3.80. The number of benzene rings is 1. The number of pyridine rings is 1. The monoisotopic (exact) mass is 376 g/mol. The second-order valence-corrected chi connectivity index (χ2v) is 6.17. The van der Waals surface area contributed by atoms with Gasteiger partial charge in [-0.2, -0.15) is 0 Å². The molecule has 1 N–H and O–H groups in total. The van der Waals surface area contributed by atoms with Gasteiger partial charge in [0.05, 0.1) is 11.7 Å². The third kappa shape index (κ3) is 4.30. The van der Waals surface area contributed by atoms with E-state index >= 15 is 0 Å². The second-order valence-electron chi connectivity index (χ2n) is 5.26. The van der Waals surface area contributed by atoms with E-state index in [1.165, 1.54) is 0 Å². The summed E-state index contributed by atoms with van der Waals surface area (Å²) in [5, 5.41) is 2.77. The number of hydrogen-bond donors (Lipinski definition) is 1. The highest BCUT2D eigenvalue weighted by molar-refractivity contribution is 9.10. The maximum atomic E-state index is 12.4. The predicted octanol–water partition coefficient (Wildman–Crippen LogP) is 3.65. The molecule has 1 amide bonds. The van der Waals surface area contributed by atoms with Gasteiger partial charge < -0.3 is 14.8 Å². The van der Waals surface area contributed by atoms with Gasteiger partial charge >= 0.3 is 0 Å². The van der Waals surface area contributed by atoms with E-state index < -0.39 is 0 Å². The molecule has 0 spiro atoms. The summed E-state index contributed by atoms with van der Waals surface area (Å²) >= 11 is 3.31. The van der Waals surface area contributed by atoms with E-state index in [1.807, 2.05) is 18.2 Å². The minimum atomic E-state index is -0.247. The number of carbonyl (C=O) groups is 1. The van der Waals surface area contributed by atoms with Gasteiger partial charge in [-0.15, -0.1) is 0 Å². The van der Waals surface area contributed by atoms with Gasteiger partial charge in [0.15, 0.2) is 0 Å². The largest absolute Gasteiger partial charge is 0.490 e. The zero-order valence-corrected chi connectivity index (χ0v) is 14.1. The van der Waals surface area contributed by atoms with Gasteiger partial charge in [0.1, 0.15) is 18.2 Å². The Hall–Kier alpha value is -1.92. The van der Waals surface area contributed by atoms with Crippen LogP contribution in [0.3, 0.4) is 0 Å². The van der Waals surface area contributed by atoms with Crippen LogP contribution in [0.5, 0.6) is 5.75 Å². The van der Waals surface area contributed by atoms with Crippen LogP contribution in [0.25, 0.3) is 0 Å². The van der Waals surface area contributed by atoms with Gasteiger partial charge in [0.25, 0.3) is 5.91 Å². The SMILES string of the molecule is O=C(Nc1ccc(Br)cn1)c1ccccc1OCC1CCCO1. The number of halogens is 1. The molecule has 0 radical (unpaired) electrons. The van der Waals surface area contributed by atoms with Crippen LogP contribution in [-0.4, -0.2) is 30.2 Å². The highest BCUT2D eigenvalue weighted by atomic mass is 79.9. The fourth-order valence-electron chi connectivity index (χ4n) is 2.37. The van der Waals surface area contributed by atoms with Gasteiger partial charge in [-0.3, -0.25) is 4.79 Å². The van der Waals surface area contributed by atoms with Crippen LogP contribution < -0.4 is 10.1 Å². The zero-order valence-electron chi connectivity index (χ0n) is 12.5. The Morgan fingerprint density at radius 3 is 2.96 bits per heavy atom. The number of anilines is 1. The fourth-order valence-corrected chi connectivity index (χ4v) is 2.61. The Balaban J connectivity index is 1.68. The highest BCUT2D eigenvalue weighted by Crippen LogP contribution is 2.21. The van der Waals surface area contributed by atoms with Crippen molar-refractivity contribution in [1.82, 2.24) is 4.98 Å². The molecule has 1 saturated heterocycles. The number of nitrogens with zero attached hydrogens (tertiary/aromatic N) is 1. The van der Waals surface area contributed by atoms with Crippen molar-refractivity contribution >= 4 is 27.7 Å². The van der Waals surface area contributed by atoms with E-state index in [0.717, 1.165) is 23.9 Å². The van der Waals surface area contributed by atoms with E-state index in [4.69, 9.17) is 9.47 Å². The molecule has 1 aliphatic rings. The minimum Gasteiger partial charge on any atom is -0.490 e. The zero-order chi connectivity index (χ0) is 16.1. The molecule has 5 nitrogen and oxygen atoms in total. The van der Waals surface area contributed by atoms with Crippen molar-refractivity contribution in [3.8, 4) is 5.75 Å². The van der Waals surface area contributed by atoms with Crippen LogP contribution in [0, 0.1) is 0 Å². The average Bonchev–Trinajstić information content (AvgIpc) is 3.09. The first-order chi connectivity index (χ1) is 11.2. The van der Waals surface area contributed by atoms with Crippen molar-refractivity contribution in [1.29, 1.82) is 0 Å². The first-order valence-electron chi connectivity index (χ1n) is 7.49. The van der Waals surface area contributed by atoms with Crippen LogP contribution in [0.2, 0.25) is 0 Å². The van der Waals surface area contributed by atoms with Crippen LogP contribution in [0.15, 0.2) is 47.1 Å². The van der Waals surface area contributed by atoms with E-state index in [9.17, 15) is 4.79 Å². The fraction of sp³-hybridized carbons (Fsp3) is 0.294. The molecule has 2 heterocycles. The summed E-state index contributed by atoms with van der Waals surface area (Å²) in [5.41, 5.74) is 0.482.